The maximum absolute atomic E-state index is 12.1. The molecule has 7 nitrogen and oxygen atoms in total. The smallest absolute Gasteiger partial charge is 0.330 e. The van der Waals surface area contributed by atoms with E-state index < -0.39 is 6.04 Å². The lowest BCUT2D eigenvalue weighted by atomic mass is 10.1. The normalized spacial score (nSPS) is 18.6. The van der Waals surface area contributed by atoms with Gasteiger partial charge >= 0.3 is 5.97 Å². The average molecular weight is 315 g/mol. The summed E-state index contributed by atoms with van der Waals surface area (Å²) in [7, 11) is 0. The van der Waals surface area contributed by atoms with E-state index in [1.165, 1.54) is 10.9 Å². The minimum atomic E-state index is -0.505. The van der Waals surface area contributed by atoms with Crippen LogP contribution in [0.2, 0.25) is 5.02 Å². The van der Waals surface area contributed by atoms with Crippen molar-refractivity contribution in [1.82, 2.24) is 15.1 Å². The van der Waals surface area contributed by atoms with E-state index in [1.54, 1.807) is 11.8 Å². The van der Waals surface area contributed by atoms with Crippen molar-refractivity contribution in [3.8, 4) is 0 Å². The Hall–Kier alpha value is -1.60. The molecule has 1 aromatic heterocycles. The fourth-order valence-electron chi connectivity index (χ4n) is 2.32. The Bertz CT molecular complexity index is 575. The van der Waals surface area contributed by atoms with Crippen LogP contribution in [0.5, 0.6) is 0 Å². The molecule has 1 N–H and O–H groups in total. The van der Waals surface area contributed by atoms with Crippen LogP contribution in [0.15, 0.2) is 11.0 Å². The van der Waals surface area contributed by atoms with Gasteiger partial charge in [-0.2, -0.15) is 5.10 Å². The maximum Gasteiger partial charge on any atom is 0.330 e. The number of piperazine rings is 1. The number of hydrogen-bond acceptors (Lipinski definition) is 6. The van der Waals surface area contributed by atoms with Gasteiger partial charge < -0.3 is 15.0 Å². The molecular formula is C13H19ClN4O3. The van der Waals surface area contributed by atoms with Crippen LogP contribution in [-0.2, 0) is 16.1 Å². The van der Waals surface area contributed by atoms with E-state index in [1.807, 2.05) is 6.92 Å². The third-order valence-corrected chi connectivity index (χ3v) is 3.73. The summed E-state index contributed by atoms with van der Waals surface area (Å²) in [5, 5.41) is 7.31. The first kappa shape index (κ1) is 15.8. The van der Waals surface area contributed by atoms with E-state index in [-0.39, 0.29) is 16.6 Å². The number of anilines is 1. The number of carbonyl (C=O) groups is 1. The van der Waals surface area contributed by atoms with Crippen molar-refractivity contribution in [2.75, 3.05) is 31.1 Å². The van der Waals surface area contributed by atoms with Gasteiger partial charge in [-0.1, -0.05) is 11.6 Å². The second-order valence-corrected chi connectivity index (χ2v) is 5.01. The zero-order valence-electron chi connectivity index (χ0n) is 12.1. The molecule has 0 bridgehead atoms. The van der Waals surface area contributed by atoms with Gasteiger partial charge in [-0.3, -0.25) is 4.79 Å². The highest BCUT2D eigenvalue weighted by molar-refractivity contribution is 6.33. The summed E-state index contributed by atoms with van der Waals surface area (Å²) in [6, 6.07) is -0.505. The molecular weight excluding hydrogens is 296 g/mol. The number of esters is 1. The van der Waals surface area contributed by atoms with Crippen molar-refractivity contribution < 1.29 is 9.53 Å². The lowest BCUT2D eigenvalue weighted by Gasteiger charge is -2.36. The van der Waals surface area contributed by atoms with Crippen molar-refractivity contribution in [2.24, 2.45) is 0 Å². The average Bonchev–Trinajstić information content (AvgIpc) is 2.50. The molecule has 1 aliphatic rings. The van der Waals surface area contributed by atoms with E-state index in [0.29, 0.717) is 38.5 Å². The molecule has 8 heteroatoms. The minimum absolute atomic E-state index is 0.0862. The predicted octanol–water partition coefficient (Wildman–Crippen LogP) is 0.258. The maximum atomic E-state index is 12.1. The summed E-state index contributed by atoms with van der Waals surface area (Å²) in [6.45, 7) is 6.04. The first-order valence-electron chi connectivity index (χ1n) is 6.99. The minimum Gasteiger partial charge on any atom is -0.464 e. The monoisotopic (exact) mass is 314 g/mol. The standard InChI is InChI=1S/C13H19ClN4O3/c1-3-18-12(19)11(14)9(8-16-18)17-6-5-15-7-10(17)13(20)21-4-2/h8,10,15H,3-7H2,1-2H3. The predicted molar refractivity (Wildman–Crippen MR) is 79.8 cm³/mol. The highest BCUT2D eigenvalue weighted by Gasteiger charge is 2.32. The number of aromatic nitrogens is 2. The molecule has 0 amide bonds. The molecule has 0 radical (unpaired) electrons. The molecule has 1 saturated heterocycles. The summed E-state index contributed by atoms with van der Waals surface area (Å²) in [4.78, 5) is 25.9. The molecule has 1 fully saturated rings. The van der Waals surface area contributed by atoms with E-state index in [4.69, 9.17) is 16.3 Å². The van der Waals surface area contributed by atoms with Crippen LogP contribution < -0.4 is 15.8 Å². The van der Waals surface area contributed by atoms with Gasteiger partial charge in [0.2, 0.25) is 0 Å². The zero-order valence-corrected chi connectivity index (χ0v) is 12.9. The molecule has 0 spiro atoms. The first-order valence-corrected chi connectivity index (χ1v) is 7.37. The van der Waals surface area contributed by atoms with Gasteiger partial charge in [0.25, 0.3) is 5.56 Å². The van der Waals surface area contributed by atoms with Crippen molar-refractivity contribution in [2.45, 2.75) is 26.4 Å². The molecule has 116 valence electrons. The van der Waals surface area contributed by atoms with Crippen LogP contribution in [0.25, 0.3) is 0 Å². The van der Waals surface area contributed by atoms with Crippen LogP contribution in [0.3, 0.4) is 0 Å². The number of halogens is 1. The SMILES string of the molecule is CCOC(=O)C1CNCCN1c1cnn(CC)c(=O)c1Cl. The summed E-state index contributed by atoms with van der Waals surface area (Å²) in [5.41, 5.74) is 0.128. The third kappa shape index (κ3) is 3.19. The Kier molecular flexibility index (Phi) is 5.19. The summed E-state index contributed by atoms with van der Waals surface area (Å²) >= 11 is 6.17. The zero-order chi connectivity index (χ0) is 15.4. The molecule has 1 atom stereocenters. The quantitative estimate of drug-likeness (QED) is 0.803. The molecule has 2 heterocycles. The number of hydrogen-bond donors (Lipinski definition) is 1. The van der Waals surface area contributed by atoms with Crippen molar-refractivity contribution >= 4 is 23.3 Å². The topological polar surface area (TPSA) is 76.5 Å². The number of carbonyl (C=O) groups excluding carboxylic acids is 1. The van der Waals surface area contributed by atoms with E-state index in [9.17, 15) is 9.59 Å². The summed E-state index contributed by atoms with van der Waals surface area (Å²) in [6.07, 6.45) is 1.53. The van der Waals surface area contributed by atoms with Gasteiger partial charge in [0.05, 0.1) is 18.5 Å². The van der Waals surface area contributed by atoms with Gasteiger partial charge in [0.1, 0.15) is 11.1 Å². The first-order chi connectivity index (χ1) is 10.1. The van der Waals surface area contributed by atoms with Crippen LogP contribution in [0.4, 0.5) is 5.69 Å². The fourth-order valence-corrected chi connectivity index (χ4v) is 2.58. The van der Waals surface area contributed by atoms with E-state index in [0.717, 1.165) is 0 Å². The lowest BCUT2D eigenvalue weighted by molar-refractivity contribution is -0.144. The van der Waals surface area contributed by atoms with E-state index in [2.05, 4.69) is 10.4 Å². The Balaban J connectivity index is 2.36. The van der Waals surface area contributed by atoms with Gasteiger partial charge in [0, 0.05) is 26.2 Å². The van der Waals surface area contributed by atoms with Crippen LogP contribution in [-0.4, -0.2) is 48.0 Å². The molecule has 21 heavy (non-hydrogen) atoms. The third-order valence-electron chi connectivity index (χ3n) is 3.38. The summed E-state index contributed by atoms with van der Waals surface area (Å²) < 4.78 is 6.37. The molecule has 0 saturated carbocycles. The Morgan fingerprint density at radius 2 is 2.33 bits per heavy atom. The lowest BCUT2D eigenvalue weighted by Crippen LogP contribution is -2.56. The molecule has 2 rings (SSSR count). The van der Waals surface area contributed by atoms with Gasteiger partial charge in [-0.25, -0.2) is 9.48 Å². The van der Waals surface area contributed by atoms with Crippen molar-refractivity contribution in [3.05, 3.63) is 21.6 Å². The fraction of sp³-hybridized carbons (Fsp3) is 0.615. The van der Waals surface area contributed by atoms with Crippen molar-refractivity contribution in [1.29, 1.82) is 0 Å². The number of nitrogens with one attached hydrogen (secondary N) is 1. The molecule has 1 aromatic rings. The highest BCUT2D eigenvalue weighted by atomic mass is 35.5. The molecule has 1 unspecified atom stereocenters. The second kappa shape index (κ2) is 6.91. The molecule has 0 aromatic carbocycles. The Labute approximate surface area is 127 Å². The van der Waals surface area contributed by atoms with E-state index >= 15 is 0 Å². The van der Waals surface area contributed by atoms with Crippen molar-refractivity contribution in [3.63, 3.8) is 0 Å². The Morgan fingerprint density at radius 3 is 3.00 bits per heavy atom. The van der Waals surface area contributed by atoms with Crippen LogP contribution >= 0.6 is 11.6 Å². The Morgan fingerprint density at radius 1 is 1.57 bits per heavy atom. The van der Waals surface area contributed by atoms with Gasteiger partial charge in [-0.05, 0) is 13.8 Å². The number of aryl methyl sites for hydroxylation is 1. The number of rotatable bonds is 4. The summed E-state index contributed by atoms with van der Waals surface area (Å²) in [5.74, 6) is -0.333. The largest absolute Gasteiger partial charge is 0.464 e. The van der Waals surface area contributed by atoms with Gasteiger partial charge in [0.15, 0.2) is 0 Å². The number of ether oxygens (including phenoxy) is 1. The van der Waals surface area contributed by atoms with Gasteiger partial charge in [-0.15, -0.1) is 0 Å². The molecule has 1 aliphatic heterocycles. The van der Waals surface area contributed by atoms with Crippen LogP contribution in [0.1, 0.15) is 13.8 Å². The molecule has 0 aliphatic carbocycles. The van der Waals surface area contributed by atoms with Crippen LogP contribution in [0, 0.1) is 0 Å². The highest BCUT2D eigenvalue weighted by Crippen LogP contribution is 2.24. The number of nitrogens with zero attached hydrogens (tertiary/aromatic N) is 3. The second-order valence-electron chi connectivity index (χ2n) is 4.63.